The first-order valence-electron chi connectivity index (χ1n) is 5.94. The standard InChI is InChI=1S/C15H13BrN2/c1-10(11-5-3-2-4-6-11)12-9-18-15-14(12)13(16)7-8-17-15/h2-10H,1H3,(H,17,18). The van der Waals surface area contributed by atoms with Gasteiger partial charge in [-0.3, -0.25) is 0 Å². The van der Waals surface area contributed by atoms with E-state index in [1.165, 1.54) is 16.5 Å². The molecule has 3 aromatic rings. The molecule has 0 aliphatic heterocycles. The van der Waals surface area contributed by atoms with E-state index in [0.717, 1.165) is 10.1 Å². The quantitative estimate of drug-likeness (QED) is 0.743. The number of aromatic amines is 1. The molecule has 0 aliphatic rings. The van der Waals surface area contributed by atoms with E-state index < -0.39 is 0 Å². The van der Waals surface area contributed by atoms with E-state index in [-0.39, 0.29) is 0 Å². The van der Waals surface area contributed by atoms with Crippen LogP contribution in [0.5, 0.6) is 0 Å². The van der Waals surface area contributed by atoms with E-state index >= 15 is 0 Å². The first-order chi connectivity index (χ1) is 8.77. The second-order valence-corrected chi connectivity index (χ2v) is 5.25. The fraction of sp³-hybridized carbons (Fsp3) is 0.133. The molecule has 0 saturated carbocycles. The van der Waals surface area contributed by atoms with Crippen LogP contribution in [-0.4, -0.2) is 9.97 Å². The molecule has 0 spiro atoms. The molecule has 0 saturated heterocycles. The monoisotopic (exact) mass is 300 g/mol. The molecule has 2 nitrogen and oxygen atoms in total. The summed E-state index contributed by atoms with van der Waals surface area (Å²) < 4.78 is 1.09. The maximum absolute atomic E-state index is 4.35. The van der Waals surface area contributed by atoms with Gasteiger partial charge in [0.25, 0.3) is 0 Å². The first-order valence-corrected chi connectivity index (χ1v) is 6.73. The van der Waals surface area contributed by atoms with Gasteiger partial charge in [-0.25, -0.2) is 4.98 Å². The van der Waals surface area contributed by atoms with Crippen molar-refractivity contribution in [2.24, 2.45) is 0 Å². The van der Waals surface area contributed by atoms with Crippen LogP contribution >= 0.6 is 15.9 Å². The van der Waals surface area contributed by atoms with E-state index in [0.29, 0.717) is 5.92 Å². The Morgan fingerprint density at radius 3 is 2.72 bits per heavy atom. The summed E-state index contributed by atoms with van der Waals surface area (Å²) in [4.78, 5) is 7.59. The van der Waals surface area contributed by atoms with Crippen LogP contribution in [0.3, 0.4) is 0 Å². The summed E-state index contributed by atoms with van der Waals surface area (Å²) in [5.74, 6) is 0.348. The zero-order chi connectivity index (χ0) is 12.5. The van der Waals surface area contributed by atoms with Crippen LogP contribution in [-0.2, 0) is 0 Å². The number of nitrogens with one attached hydrogen (secondary N) is 1. The van der Waals surface area contributed by atoms with Crippen LogP contribution in [0.15, 0.2) is 53.3 Å². The molecular formula is C15H13BrN2. The van der Waals surface area contributed by atoms with Crippen LogP contribution in [0.2, 0.25) is 0 Å². The third-order valence-corrected chi connectivity index (χ3v) is 3.98. The second kappa shape index (κ2) is 4.58. The molecule has 3 rings (SSSR count). The van der Waals surface area contributed by atoms with Crippen LogP contribution in [0.1, 0.15) is 24.0 Å². The predicted molar refractivity (Wildman–Crippen MR) is 77.8 cm³/mol. The third-order valence-electron chi connectivity index (χ3n) is 3.32. The van der Waals surface area contributed by atoms with Crippen molar-refractivity contribution < 1.29 is 0 Å². The van der Waals surface area contributed by atoms with E-state index in [4.69, 9.17) is 0 Å². The average molecular weight is 301 g/mol. The topological polar surface area (TPSA) is 28.7 Å². The minimum Gasteiger partial charge on any atom is -0.346 e. The minimum absolute atomic E-state index is 0.348. The summed E-state index contributed by atoms with van der Waals surface area (Å²) in [6.45, 7) is 2.22. The van der Waals surface area contributed by atoms with Crippen molar-refractivity contribution in [3.63, 3.8) is 0 Å². The molecule has 0 amide bonds. The molecular weight excluding hydrogens is 288 g/mol. The molecule has 0 radical (unpaired) electrons. The Balaban J connectivity index is 2.15. The smallest absolute Gasteiger partial charge is 0.138 e. The maximum atomic E-state index is 4.35. The zero-order valence-electron chi connectivity index (χ0n) is 10.0. The summed E-state index contributed by atoms with van der Waals surface area (Å²) in [5.41, 5.74) is 3.52. The van der Waals surface area contributed by atoms with Crippen molar-refractivity contribution in [1.29, 1.82) is 0 Å². The minimum atomic E-state index is 0.348. The van der Waals surface area contributed by atoms with Gasteiger partial charge in [-0.2, -0.15) is 0 Å². The molecule has 2 aromatic heterocycles. The molecule has 0 aliphatic carbocycles. The number of nitrogens with zero attached hydrogens (tertiary/aromatic N) is 1. The van der Waals surface area contributed by atoms with Gasteiger partial charge in [0.15, 0.2) is 0 Å². The van der Waals surface area contributed by atoms with Gasteiger partial charge in [0.05, 0.1) is 0 Å². The highest BCUT2D eigenvalue weighted by atomic mass is 79.9. The highest BCUT2D eigenvalue weighted by Crippen LogP contribution is 2.33. The van der Waals surface area contributed by atoms with Gasteiger partial charge < -0.3 is 4.98 Å². The molecule has 18 heavy (non-hydrogen) atoms. The lowest BCUT2D eigenvalue weighted by atomic mass is 9.93. The number of benzene rings is 1. The fourth-order valence-electron chi connectivity index (χ4n) is 2.30. The molecule has 1 N–H and O–H groups in total. The number of hydrogen-bond donors (Lipinski definition) is 1. The van der Waals surface area contributed by atoms with Crippen molar-refractivity contribution in [2.75, 3.05) is 0 Å². The molecule has 1 aromatic carbocycles. The lowest BCUT2D eigenvalue weighted by Crippen LogP contribution is -1.94. The average Bonchev–Trinajstić information content (AvgIpc) is 2.84. The zero-order valence-corrected chi connectivity index (χ0v) is 11.6. The summed E-state index contributed by atoms with van der Waals surface area (Å²) in [7, 11) is 0. The highest BCUT2D eigenvalue weighted by Gasteiger charge is 2.15. The summed E-state index contributed by atoms with van der Waals surface area (Å²) in [6, 6.07) is 12.5. The van der Waals surface area contributed by atoms with E-state index in [2.05, 4.69) is 63.3 Å². The number of hydrogen-bond acceptors (Lipinski definition) is 1. The van der Waals surface area contributed by atoms with Gasteiger partial charge in [-0.15, -0.1) is 0 Å². The largest absolute Gasteiger partial charge is 0.346 e. The van der Waals surface area contributed by atoms with Crippen molar-refractivity contribution in [3.8, 4) is 0 Å². The molecule has 3 heteroatoms. The number of halogens is 1. The van der Waals surface area contributed by atoms with Gasteiger partial charge >= 0.3 is 0 Å². The molecule has 1 atom stereocenters. The van der Waals surface area contributed by atoms with Crippen molar-refractivity contribution >= 4 is 27.0 Å². The lowest BCUT2D eigenvalue weighted by Gasteiger charge is -2.11. The first kappa shape index (κ1) is 11.5. The number of rotatable bonds is 2. The summed E-state index contributed by atoms with van der Waals surface area (Å²) in [5, 5.41) is 1.17. The summed E-state index contributed by atoms with van der Waals surface area (Å²) in [6.07, 6.45) is 3.86. The number of H-pyrrole nitrogens is 1. The van der Waals surface area contributed by atoms with Crippen molar-refractivity contribution in [1.82, 2.24) is 9.97 Å². The van der Waals surface area contributed by atoms with Crippen LogP contribution in [0.4, 0.5) is 0 Å². The number of aromatic nitrogens is 2. The van der Waals surface area contributed by atoms with Crippen LogP contribution < -0.4 is 0 Å². The van der Waals surface area contributed by atoms with E-state index in [1.807, 2.05) is 12.1 Å². The number of fused-ring (bicyclic) bond motifs is 1. The van der Waals surface area contributed by atoms with Crippen molar-refractivity contribution in [2.45, 2.75) is 12.8 Å². The Bertz CT molecular complexity index is 673. The Morgan fingerprint density at radius 2 is 1.94 bits per heavy atom. The molecule has 2 heterocycles. The Morgan fingerprint density at radius 1 is 1.17 bits per heavy atom. The summed E-state index contributed by atoms with van der Waals surface area (Å²) >= 11 is 3.61. The van der Waals surface area contributed by atoms with Gasteiger partial charge in [0.1, 0.15) is 5.65 Å². The SMILES string of the molecule is CC(c1ccccc1)c1c[nH]c2nccc(Br)c12. The highest BCUT2D eigenvalue weighted by molar-refractivity contribution is 9.10. The molecule has 1 unspecified atom stereocenters. The van der Waals surface area contributed by atoms with E-state index in [9.17, 15) is 0 Å². The molecule has 0 fully saturated rings. The molecule has 90 valence electrons. The fourth-order valence-corrected chi connectivity index (χ4v) is 2.84. The van der Waals surface area contributed by atoms with E-state index in [1.54, 1.807) is 6.20 Å². The van der Waals surface area contributed by atoms with Gasteiger partial charge in [-0.1, -0.05) is 37.3 Å². The normalized spacial score (nSPS) is 12.8. The Labute approximate surface area is 114 Å². The maximum Gasteiger partial charge on any atom is 0.138 e. The Kier molecular flexibility index (Phi) is 2.92. The van der Waals surface area contributed by atoms with Gasteiger partial charge in [0.2, 0.25) is 0 Å². The van der Waals surface area contributed by atoms with Crippen LogP contribution in [0, 0.1) is 0 Å². The number of pyridine rings is 1. The predicted octanol–water partition coefficient (Wildman–Crippen LogP) is 4.48. The second-order valence-electron chi connectivity index (χ2n) is 4.39. The third kappa shape index (κ3) is 1.85. The lowest BCUT2D eigenvalue weighted by molar-refractivity contribution is 0.932. The molecule has 0 bridgehead atoms. The van der Waals surface area contributed by atoms with Crippen molar-refractivity contribution in [3.05, 3.63) is 64.4 Å². The van der Waals surface area contributed by atoms with Gasteiger partial charge in [-0.05, 0) is 33.1 Å². The van der Waals surface area contributed by atoms with Crippen LogP contribution in [0.25, 0.3) is 11.0 Å². The van der Waals surface area contributed by atoms with Gasteiger partial charge in [0, 0.05) is 28.2 Å². The Hall–Kier alpha value is -1.61.